The van der Waals surface area contributed by atoms with Gasteiger partial charge in [-0.25, -0.2) is 0 Å². The van der Waals surface area contributed by atoms with Gasteiger partial charge in [-0.05, 0) is 19.1 Å². The van der Waals surface area contributed by atoms with Crippen LogP contribution in [0.3, 0.4) is 0 Å². The molecule has 0 atom stereocenters. The van der Waals surface area contributed by atoms with Gasteiger partial charge < -0.3 is 9.64 Å². The summed E-state index contributed by atoms with van der Waals surface area (Å²) in [5, 5.41) is 8.69. The van der Waals surface area contributed by atoms with Crippen molar-refractivity contribution in [1.29, 1.82) is 5.26 Å². The van der Waals surface area contributed by atoms with Crippen molar-refractivity contribution >= 4 is 11.5 Å². The second-order valence-corrected chi connectivity index (χ2v) is 3.96. The number of methoxy groups -OCH3 is 1. The van der Waals surface area contributed by atoms with E-state index in [4.69, 9.17) is 10.00 Å². The lowest BCUT2D eigenvalue weighted by Crippen LogP contribution is -2.29. The Kier molecular flexibility index (Phi) is 5.89. The molecule has 0 heterocycles. The average molecular weight is 246 g/mol. The van der Waals surface area contributed by atoms with Gasteiger partial charge in [0.05, 0.1) is 19.1 Å². The van der Waals surface area contributed by atoms with E-state index >= 15 is 0 Å². The number of hydrogen-bond acceptors (Lipinski definition) is 4. The second-order valence-electron chi connectivity index (χ2n) is 3.96. The largest absolute Gasteiger partial charge is 0.383 e. The number of hydrogen-bond donors (Lipinski definition) is 0. The third-order valence-electron chi connectivity index (χ3n) is 2.68. The molecular formula is C14H18N2O2. The molecule has 18 heavy (non-hydrogen) atoms. The molecule has 0 aliphatic carbocycles. The van der Waals surface area contributed by atoms with Crippen LogP contribution in [0.1, 0.15) is 23.7 Å². The quantitative estimate of drug-likeness (QED) is 0.692. The summed E-state index contributed by atoms with van der Waals surface area (Å²) in [7, 11) is 1.64. The zero-order valence-electron chi connectivity index (χ0n) is 10.8. The van der Waals surface area contributed by atoms with Crippen molar-refractivity contribution in [3.05, 3.63) is 29.8 Å². The number of para-hydroxylation sites is 1. The fourth-order valence-electron chi connectivity index (χ4n) is 1.79. The summed E-state index contributed by atoms with van der Waals surface area (Å²) in [6, 6.07) is 9.58. The molecule has 0 radical (unpaired) electrons. The van der Waals surface area contributed by atoms with Gasteiger partial charge in [-0.15, -0.1) is 0 Å². The number of anilines is 1. The summed E-state index contributed by atoms with van der Waals surface area (Å²) in [6.07, 6.45) is 0.427. The minimum Gasteiger partial charge on any atom is -0.383 e. The van der Waals surface area contributed by atoms with Crippen LogP contribution in [0.4, 0.5) is 5.69 Å². The van der Waals surface area contributed by atoms with Gasteiger partial charge in [-0.2, -0.15) is 5.26 Å². The predicted octanol–water partition coefficient (Wildman–Crippen LogP) is 2.26. The number of benzene rings is 1. The number of Topliss-reactive ketones (excluding diaryl/α,β-unsaturated/α-hetero) is 1. The van der Waals surface area contributed by atoms with E-state index < -0.39 is 0 Å². The Morgan fingerprint density at radius 1 is 1.39 bits per heavy atom. The number of rotatable bonds is 7. The van der Waals surface area contributed by atoms with E-state index in [1.807, 2.05) is 29.2 Å². The zero-order valence-corrected chi connectivity index (χ0v) is 10.8. The first-order valence-corrected chi connectivity index (χ1v) is 5.91. The van der Waals surface area contributed by atoms with Gasteiger partial charge in [0.2, 0.25) is 0 Å². The first-order chi connectivity index (χ1) is 8.70. The molecule has 0 N–H and O–H groups in total. The SMILES string of the molecule is COCCN(CCC#N)c1ccccc1C(C)=O. The topological polar surface area (TPSA) is 53.3 Å². The van der Waals surface area contributed by atoms with E-state index in [0.29, 0.717) is 31.7 Å². The number of ketones is 1. The third-order valence-corrected chi connectivity index (χ3v) is 2.68. The molecule has 4 nitrogen and oxygen atoms in total. The summed E-state index contributed by atoms with van der Waals surface area (Å²) in [6.45, 7) is 3.39. The van der Waals surface area contributed by atoms with Crippen molar-refractivity contribution in [3.8, 4) is 6.07 Å². The smallest absolute Gasteiger partial charge is 0.161 e. The molecule has 0 spiro atoms. The molecule has 1 rings (SSSR count). The number of nitrogens with zero attached hydrogens (tertiary/aromatic N) is 2. The summed E-state index contributed by atoms with van der Waals surface area (Å²) < 4.78 is 5.06. The molecule has 96 valence electrons. The van der Waals surface area contributed by atoms with Crippen molar-refractivity contribution in [2.45, 2.75) is 13.3 Å². The van der Waals surface area contributed by atoms with Crippen LogP contribution in [0, 0.1) is 11.3 Å². The van der Waals surface area contributed by atoms with Gasteiger partial charge in [0.1, 0.15) is 0 Å². The molecular weight excluding hydrogens is 228 g/mol. The van der Waals surface area contributed by atoms with E-state index in [0.717, 1.165) is 5.69 Å². The normalized spacial score (nSPS) is 9.83. The summed E-state index contributed by atoms with van der Waals surface area (Å²) >= 11 is 0. The van der Waals surface area contributed by atoms with Crippen LogP contribution < -0.4 is 4.90 Å². The molecule has 0 unspecified atom stereocenters. The van der Waals surface area contributed by atoms with Crippen LogP contribution in [0.25, 0.3) is 0 Å². The van der Waals surface area contributed by atoms with Gasteiger partial charge in [0.15, 0.2) is 5.78 Å². The minimum atomic E-state index is 0.0324. The first kappa shape index (κ1) is 14.2. The van der Waals surface area contributed by atoms with E-state index in [9.17, 15) is 4.79 Å². The lowest BCUT2D eigenvalue weighted by molar-refractivity contribution is 0.101. The van der Waals surface area contributed by atoms with E-state index in [1.54, 1.807) is 14.0 Å². The second kappa shape index (κ2) is 7.46. The van der Waals surface area contributed by atoms with Crippen LogP contribution in [-0.4, -0.2) is 32.6 Å². The Morgan fingerprint density at radius 2 is 2.11 bits per heavy atom. The van der Waals surface area contributed by atoms with Gasteiger partial charge in [0, 0.05) is 31.5 Å². The zero-order chi connectivity index (χ0) is 13.4. The maximum atomic E-state index is 11.6. The van der Waals surface area contributed by atoms with Crippen LogP contribution in [0.2, 0.25) is 0 Å². The third kappa shape index (κ3) is 3.86. The van der Waals surface area contributed by atoms with Gasteiger partial charge >= 0.3 is 0 Å². The standard InChI is InChI=1S/C14H18N2O2/c1-12(17)13-6-3-4-7-14(13)16(9-5-8-15)10-11-18-2/h3-4,6-7H,5,9-11H2,1-2H3. The predicted molar refractivity (Wildman–Crippen MR) is 70.8 cm³/mol. The van der Waals surface area contributed by atoms with E-state index in [2.05, 4.69) is 6.07 Å². The number of carbonyl (C=O) groups is 1. The highest BCUT2D eigenvalue weighted by Gasteiger charge is 2.13. The van der Waals surface area contributed by atoms with Crippen molar-refractivity contribution in [2.24, 2.45) is 0 Å². The van der Waals surface area contributed by atoms with Crippen LogP contribution >= 0.6 is 0 Å². The highest BCUT2D eigenvalue weighted by Crippen LogP contribution is 2.21. The number of carbonyl (C=O) groups excluding carboxylic acids is 1. The molecule has 0 aliphatic rings. The van der Waals surface area contributed by atoms with Crippen LogP contribution in [-0.2, 0) is 4.74 Å². The summed E-state index contributed by atoms with van der Waals surface area (Å²) in [5.41, 5.74) is 1.56. The Balaban J connectivity index is 2.96. The van der Waals surface area contributed by atoms with Gasteiger partial charge in [0.25, 0.3) is 0 Å². The van der Waals surface area contributed by atoms with Crippen LogP contribution in [0.15, 0.2) is 24.3 Å². The average Bonchev–Trinajstić information content (AvgIpc) is 2.39. The Bertz CT molecular complexity index is 438. The fraction of sp³-hybridized carbons (Fsp3) is 0.429. The van der Waals surface area contributed by atoms with Crippen molar-refractivity contribution < 1.29 is 9.53 Å². The summed E-state index contributed by atoms with van der Waals surface area (Å²) in [5.74, 6) is 0.0324. The number of nitriles is 1. The lowest BCUT2D eigenvalue weighted by atomic mass is 10.1. The number of ether oxygens (including phenoxy) is 1. The molecule has 0 bridgehead atoms. The molecule has 0 amide bonds. The molecule has 0 aromatic heterocycles. The molecule has 1 aromatic carbocycles. The fourth-order valence-corrected chi connectivity index (χ4v) is 1.79. The van der Waals surface area contributed by atoms with Crippen molar-refractivity contribution in [3.63, 3.8) is 0 Å². The van der Waals surface area contributed by atoms with Crippen molar-refractivity contribution in [1.82, 2.24) is 0 Å². The highest BCUT2D eigenvalue weighted by atomic mass is 16.5. The molecule has 0 fully saturated rings. The summed E-state index contributed by atoms with van der Waals surface area (Å²) in [4.78, 5) is 13.6. The monoisotopic (exact) mass is 246 g/mol. The van der Waals surface area contributed by atoms with Gasteiger partial charge in [-0.1, -0.05) is 12.1 Å². The maximum absolute atomic E-state index is 11.6. The Morgan fingerprint density at radius 3 is 2.72 bits per heavy atom. The molecule has 0 aliphatic heterocycles. The molecule has 1 aromatic rings. The Labute approximate surface area is 108 Å². The Hall–Kier alpha value is -1.86. The van der Waals surface area contributed by atoms with Gasteiger partial charge in [-0.3, -0.25) is 4.79 Å². The minimum absolute atomic E-state index is 0.0324. The van der Waals surface area contributed by atoms with E-state index in [1.165, 1.54) is 0 Å². The first-order valence-electron chi connectivity index (χ1n) is 5.91. The van der Waals surface area contributed by atoms with E-state index in [-0.39, 0.29) is 5.78 Å². The molecule has 0 saturated carbocycles. The van der Waals surface area contributed by atoms with Crippen LogP contribution in [0.5, 0.6) is 0 Å². The highest BCUT2D eigenvalue weighted by molar-refractivity contribution is 5.99. The maximum Gasteiger partial charge on any atom is 0.161 e. The molecule has 0 saturated heterocycles. The molecule has 4 heteroatoms. The van der Waals surface area contributed by atoms with Crippen molar-refractivity contribution in [2.75, 3.05) is 31.7 Å². The lowest BCUT2D eigenvalue weighted by Gasteiger charge is -2.25.